The first-order chi connectivity index (χ1) is 9.71. The number of aliphatic hydroxyl groups is 1. The van der Waals surface area contributed by atoms with Crippen LogP contribution in [-0.2, 0) is 0 Å². The number of rotatable bonds is 2. The molecular weight excluding hydrogens is 292 g/mol. The number of amides is 2. The molecule has 2 rings (SSSR count). The van der Waals surface area contributed by atoms with Gasteiger partial charge in [-0.15, -0.1) is 11.3 Å². The number of β-amino-alcohol motifs (C(OH)–C–C–N with tert-alkyl or cyclic N) is 1. The number of urea groups is 1. The lowest BCUT2D eigenvalue weighted by atomic mass is 9.95. The molecule has 1 aliphatic heterocycles. The minimum atomic E-state index is -1.04. The number of carboxylic acids is 1. The highest BCUT2D eigenvalue weighted by atomic mass is 32.1. The van der Waals surface area contributed by atoms with Gasteiger partial charge in [-0.05, 0) is 39.2 Å². The van der Waals surface area contributed by atoms with Gasteiger partial charge in [-0.3, -0.25) is 5.32 Å². The molecule has 3 N–H and O–H groups in total. The van der Waals surface area contributed by atoms with Gasteiger partial charge >= 0.3 is 12.0 Å². The van der Waals surface area contributed by atoms with Crippen LogP contribution in [0.15, 0.2) is 0 Å². The largest absolute Gasteiger partial charge is 0.478 e. The van der Waals surface area contributed by atoms with Crippen molar-refractivity contribution < 1.29 is 19.8 Å². The number of piperidine rings is 1. The van der Waals surface area contributed by atoms with Crippen LogP contribution in [0.2, 0.25) is 0 Å². The number of carbonyl (C=O) groups is 2. The summed E-state index contributed by atoms with van der Waals surface area (Å²) in [5, 5.41) is 22.3. The number of hydrogen-bond acceptors (Lipinski definition) is 4. The molecule has 0 aliphatic carbocycles. The van der Waals surface area contributed by atoms with Gasteiger partial charge in [0.15, 0.2) is 0 Å². The van der Waals surface area contributed by atoms with E-state index in [2.05, 4.69) is 5.32 Å². The number of nitrogens with zero attached hydrogens (tertiary/aromatic N) is 1. The molecule has 0 spiro atoms. The summed E-state index contributed by atoms with van der Waals surface area (Å²) < 4.78 is 0. The minimum absolute atomic E-state index is 0.148. The van der Waals surface area contributed by atoms with E-state index in [1.807, 2.05) is 6.92 Å². The number of carbonyl (C=O) groups excluding carboxylic acids is 1. The smallest absolute Gasteiger partial charge is 0.338 e. The third-order valence-electron chi connectivity index (χ3n) is 3.78. The van der Waals surface area contributed by atoms with Gasteiger partial charge < -0.3 is 15.1 Å². The third-order valence-corrected chi connectivity index (χ3v) is 4.90. The quantitative estimate of drug-likeness (QED) is 0.782. The first kappa shape index (κ1) is 15.8. The first-order valence-electron chi connectivity index (χ1n) is 6.83. The molecule has 1 unspecified atom stereocenters. The van der Waals surface area contributed by atoms with Gasteiger partial charge in [0.25, 0.3) is 0 Å². The van der Waals surface area contributed by atoms with Gasteiger partial charge in [0, 0.05) is 11.4 Å². The molecule has 2 amide bonds. The van der Waals surface area contributed by atoms with E-state index in [0.717, 1.165) is 11.3 Å². The SMILES string of the molecule is Cc1sc(NC(=O)N2CCCC(C)(O)C2)c(C(=O)O)c1C. The van der Waals surface area contributed by atoms with Gasteiger partial charge in [0.1, 0.15) is 5.00 Å². The predicted octanol–water partition coefficient (Wildman–Crippen LogP) is 2.44. The molecule has 1 fully saturated rings. The molecular formula is C14H20N2O4S. The van der Waals surface area contributed by atoms with Crippen LogP contribution in [0.3, 0.4) is 0 Å². The van der Waals surface area contributed by atoms with Crippen LogP contribution in [0, 0.1) is 13.8 Å². The molecule has 0 aromatic carbocycles. The Kier molecular flexibility index (Phi) is 4.25. The van der Waals surface area contributed by atoms with E-state index < -0.39 is 11.6 Å². The number of aryl methyl sites for hydroxylation is 1. The fraction of sp³-hybridized carbons (Fsp3) is 0.571. The topological polar surface area (TPSA) is 89.9 Å². The third kappa shape index (κ3) is 3.36. The molecule has 1 aromatic rings. The Morgan fingerprint density at radius 1 is 1.38 bits per heavy atom. The Morgan fingerprint density at radius 2 is 2.05 bits per heavy atom. The van der Waals surface area contributed by atoms with Crippen molar-refractivity contribution in [1.29, 1.82) is 0 Å². The number of aromatic carboxylic acids is 1. The van der Waals surface area contributed by atoms with Gasteiger partial charge in [-0.1, -0.05) is 0 Å². The monoisotopic (exact) mass is 312 g/mol. The molecule has 6 nitrogen and oxygen atoms in total. The summed E-state index contributed by atoms with van der Waals surface area (Å²) in [6, 6.07) is -0.362. The number of hydrogen-bond donors (Lipinski definition) is 3. The maximum absolute atomic E-state index is 12.3. The average molecular weight is 312 g/mol. The first-order valence-corrected chi connectivity index (χ1v) is 7.64. The fourth-order valence-corrected chi connectivity index (χ4v) is 3.58. The zero-order valence-corrected chi connectivity index (χ0v) is 13.2. The van der Waals surface area contributed by atoms with Crippen LogP contribution in [0.4, 0.5) is 9.80 Å². The number of anilines is 1. The number of thiophene rings is 1. The summed E-state index contributed by atoms with van der Waals surface area (Å²) >= 11 is 1.26. The standard InChI is InChI=1S/C14H20N2O4S/c1-8-9(2)21-11(10(8)12(17)18)15-13(19)16-6-4-5-14(3,20)7-16/h20H,4-7H2,1-3H3,(H,15,19)(H,17,18). The van der Waals surface area contributed by atoms with E-state index in [4.69, 9.17) is 0 Å². The van der Waals surface area contributed by atoms with Gasteiger partial charge in [0.05, 0.1) is 17.7 Å². The Balaban J connectivity index is 2.17. The van der Waals surface area contributed by atoms with Crippen LogP contribution >= 0.6 is 11.3 Å². The van der Waals surface area contributed by atoms with E-state index in [9.17, 15) is 19.8 Å². The zero-order chi connectivity index (χ0) is 15.8. The second-order valence-corrected chi connectivity index (χ2v) is 6.97. The van der Waals surface area contributed by atoms with Crippen molar-refractivity contribution in [3.63, 3.8) is 0 Å². The van der Waals surface area contributed by atoms with Crippen molar-refractivity contribution in [2.45, 2.75) is 39.2 Å². The predicted molar refractivity (Wildman–Crippen MR) is 81.2 cm³/mol. The van der Waals surface area contributed by atoms with Crippen molar-refractivity contribution in [1.82, 2.24) is 4.90 Å². The maximum Gasteiger partial charge on any atom is 0.338 e. The molecule has 1 aliphatic rings. The summed E-state index contributed by atoms with van der Waals surface area (Å²) in [6.45, 7) is 6.08. The van der Waals surface area contributed by atoms with E-state index in [0.29, 0.717) is 23.5 Å². The Morgan fingerprint density at radius 3 is 2.62 bits per heavy atom. The molecule has 0 bridgehead atoms. The summed E-state index contributed by atoms with van der Waals surface area (Å²) in [4.78, 5) is 26.0. The van der Waals surface area contributed by atoms with E-state index >= 15 is 0 Å². The van der Waals surface area contributed by atoms with Crippen LogP contribution in [0.1, 0.15) is 40.6 Å². The lowest BCUT2D eigenvalue weighted by Gasteiger charge is -2.36. The molecule has 116 valence electrons. The van der Waals surface area contributed by atoms with Crippen molar-refractivity contribution in [3.05, 3.63) is 16.0 Å². The highest BCUT2D eigenvalue weighted by molar-refractivity contribution is 7.16. The van der Waals surface area contributed by atoms with Crippen LogP contribution in [-0.4, -0.2) is 45.8 Å². The van der Waals surface area contributed by atoms with E-state index in [-0.39, 0.29) is 18.1 Å². The van der Waals surface area contributed by atoms with Crippen molar-refractivity contribution in [3.8, 4) is 0 Å². The summed E-state index contributed by atoms with van der Waals surface area (Å²) in [5.41, 5.74) is -0.0602. The van der Waals surface area contributed by atoms with Gasteiger partial charge in [-0.25, -0.2) is 9.59 Å². The minimum Gasteiger partial charge on any atom is -0.478 e. The molecule has 1 atom stereocenters. The van der Waals surface area contributed by atoms with Gasteiger partial charge in [-0.2, -0.15) is 0 Å². The molecule has 1 saturated heterocycles. The van der Waals surface area contributed by atoms with E-state index in [1.165, 1.54) is 16.2 Å². The van der Waals surface area contributed by atoms with Gasteiger partial charge in [0.2, 0.25) is 0 Å². The zero-order valence-electron chi connectivity index (χ0n) is 12.4. The molecule has 7 heteroatoms. The second-order valence-electron chi connectivity index (χ2n) is 5.74. The summed E-state index contributed by atoms with van der Waals surface area (Å²) in [6.07, 6.45) is 1.39. The maximum atomic E-state index is 12.3. The number of nitrogens with one attached hydrogen (secondary N) is 1. The highest BCUT2D eigenvalue weighted by Gasteiger charge is 2.31. The lowest BCUT2D eigenvalue weighted by molar-refractivity contribution is -0.000637. The summed E-state index contributed by atoms with van der Waals surface area (Å²) in [5.74, 6) is -1.04. The van der Waals surface area contributed by atoms with Crippen molar-refractivity contribution in [2.75, 3.05) is 18.4 Å². The molecule has 0 saturated carbocycles. The van der Waals surface area contributed by atoms with Crippen molar-refractivity contribution >= 4 is 28.3 Å². The molecule has 0 radical (unpaired) electrons. The molecule has 21 heavy (non-hydrogen) atoms. The van der Waals surface area contributed by atoms with Crippen LogP contribution in [0.5, 0.6) is 0 Å². The highest BCUT2D eigenvalue weighted by Crippen LogP contribution is 2.33. The Labute approximate surface area is 127 Å². The molecule has 2 heterocycles. The molecule has 1 aromatic heterocycles. The van der Waals surface area contributed by atoms with Crippen LogP contribution in [0.25, 0.3) is 0 Å². The Bertz CT molecular complexity index is 580. The second kappa shape index (κ2) is 5.65. The lowest BCUT2D eigenvalue weighted by Crippen LogP contribution is -2.49. The number of likely N-dealkylation sites (tertiary alicyclic amines) is 1. The fourth-order valence-electron chi connectivity index (χ4n) is 2.54. The van der Waals surface area contributed by atoms with Crippen LogP contribution < -0.4 is 5.32 Å². The normalized spacial score (nSPS) is 22.2. The summed E-state index contributed by atoms with van der Waals surface area (Å²) in [7, 11) is 0. The average Bonchev–Trinajstić information content (AvgIpc) is 2.63. The van der Waals surface area contributed by atoms with E-state index in [1.54, 1.807) is 13.8 Å². The van der Waals surface area contributed by atoms with Crippen molar-refractivity contribution in [2.24, 2.45) is 0 Å². The number of carboxylic acid groups (broad SMARTS) is 1. The Hall–Kier alpha value is -1.60.